The number of aromatic nitrogens is 3. The van der Waals surface area contributed by atoms with Gasteiger partial charge in [-0.15, -0.1) is 5.10 Å². The van der Waals surface area contributed by atoms with Crippen molar-refractivity contribution in [3.8, 4) is 0 Å². The maximum absolute atomic E-state index is 4.32. The molecule has 0 unspecified atom stereocenters. The zero-order valence-electron chi connectivity index (χ0n) is 12.2. The quantitative estimate of drug-likeness (QED) is 0.646. The highest BCUT2D eigenvalue weighted by Gasteiger charge is 2.25. The third kappa shape index (κ3) is 3.94. The van der Waals surface area contributed by atoms with Crippen LogP contribution in [0.3, 0.4) is 0 Å². The van der Waals surface area contributed by atoms with E-state index in [4.69, 9.17) is 0 Å². The largest absolute Gasteiger partial charge is 0.369 e. The molecule has 3 atom stereocenters. The number of rotatable bonds is 4. The first-order chi connectivity index (χ1) is 9.04. The summed E-state index contributed by atoms with van der Waals surface area (Å²) in [6.07, 6.45) is 5.35. The summed E-state index contributed by atoms with van der Waals surface area (Å²) in [4.78, 5) is 10.4. The number of hydrogen-bond acceptors (Lipinski definition) is 4. The molecule has 1 heterocycles. The molecule has 1 saturated carbocycles. The van der Waals surface area contributed by atoms with E-state index in [0.29, 0.717) is 17.9 Å². The molecule has 1 fully saturated rings. The van der Waals surface area contributed by atoms with Crippen LogP contribution in [0.1, 0.15) is 33.1 Å². The van der Waals surface area contributed by atoms with Gasteiger partial charge in [-0.1, -0.05) is 13.8 Å². The number of H-pyrrole nitrogens is 1. The summed E-state index contributed by atoms with van der Waals surface area (Å²) in [7, 11) is 3.84. The third-order valence-electron chi connectivity index (χ3n) is 3.82. The fourth-order valence-electron chi connectivity index (χ4n) is 2.41. The van der Waals surface area contributed by atoms with Crippen molar-refractivity contribution in [2.24, 2.45) is 16.8 Å². The van der Waals surface area contributed by atoms with Crippen LogP contribution in [0.2, 0.25) is 0 Å². The van der Waals surface area contributed by atoms with Gasteiger partial charge in [-0.3, -0.25) is 0 Å². The Bertz CT molecular complexity index is 425. The maximum atomic E-state index is 4.32. The number of nitrogens with zero attached hydrogens (tertiary/aromatic N) is 4. The summed E-state index contributed by atoms with van der Waals surface area (Å²) in [6, 6.07) is 0.479. The van der Waals surface area contributed by atoms with E-state index in [0.717, 1.165) is 11.8 Å². The minimum absolute atomic E-state index is 0.479. The van der Waals surface area contributed by atoms with Crippen LogP contribution in [0.4, 0.5) is 11.9 Å². The second-order valence-electron chi connectivity index (χ2n) is 5.80. The molecule has 106 valence electrons. The summed E-state index contributed by atoms with van der Waals surface area (Å²) in [5, 5.41) is 10.4. The van der Waals surface area contributed by atoms with Gasteiger partial charge in [0.2, 0.25) is 11.9 Å². The lowest BCUT2D eigenvalue weighted by Crippen LogP contribution is -2.30. The Kier molecular flexibility index (Phi) is 4.39. The molecule has 0 amide bonds. The summed E-state index contributed by atoms with van der Waals surface area (Å²) in [5.74, 6) is 2.77. The molecule has 1 aliphatic rings. The van der Waals surface area contributed by atoms with E-state index in [1.165, 1.54) is 19.3 Å². The molecule has 19 heavy (non-hydrogen) atoms. The van der Waals surface area contributed by atoms with Crippen LogP contribution in [-0.2, 0) is 0 Å². The highest BCUT2D eigenvalue weighted by Crippen LogP contribution is 2.30. The highest BCUT2D eigenvalue weighted by atomic mass is 15.3. The molecule has 0 saturated heterocycles. The average Bonchev–Trinajstić information content (AvgIpc) is 2.79. The van der Waals surface area contributed by atoms with E-state index < -0.39 is 0 Å². The molecule has 0 bridgehead atoms. The van der Waals surface area contributed by atoms with Gasteiger partial charge in [0.05, 0.1) is 6.34 Å². The average molecular weight is 264 g/mol. The van der Waals surface area contributed by atoms with Crippen molar-refractivity contribution in [1.82, 2.24) is 20.1 Å². The molecular formula is C13H24N6. The van der Waals surface area contributed by atoms with Crippen LogP contribution in [0, 0.1) is 11.8 Å². The SMILES string of the molecule is C[C@H]1CC[C@H](Nc2n[nH]c(N=CN(C)C)n2)C[C@@H]1C. The predicted molar refractivity (Wildman–Crippen MR) is 77.8 cm³/mol. The van der Waals surface area contributed by atoms with Gasteiger partial charge in [0.1, 0.15) is 0 Å². The zero-order valence-corrected chi connectivity index (χ0v) is 12.2. The molecule has 2 rings (SSSR count). The van der Waals surface area contributed by atoms with E-state index in [2.05, 4.69) is 39.3 Å². The maximum Gasteiger partial charge on any atom is 0.248 e. The van der Waals surface area contributed by atoms with Gasteiger partial charge in [-0.2, -0.15) is 4.98 Å². The van der Waals surface area contributed by atoms with Crippen molar-refractivity contribution in [3.63, 3.8) is 0 Å². The lowest BCUT2D eigenvalue weighted by Gasteiger charge is -2.32. The summed E-state index contributed by atoms with van der Waals surface area (Å²) < 4.78 is 0. The molecule has 1 aromatic heterocycles. The van der Waals surface area contributed by atoms with Crippen molar-refractivity contribution in [3.05, 3.63) is 0 Å². The molecule has 1 aromatic rings. The fourth-order valence-corrected chi connectivity index (χ4v) is 2.41. The van der Waals surface area contributed by atoms with Crippen molar-refractivity contribution in [2.75, 3.05) is 19.4 Å². The summed E-state index contributed by atoms with van der Waals surface area (Å²) in [5.41, 5.74) is 0. The number of nitrogens with one attached hydrogen (secondary N) is 2. The van der Waals surface area contributed by atoms with Crippen LogP contribution in [0.5, 0.6) is 0 Å². The van der Waals surface area contributed by atoms with E-state index in [1.54, 1.807) is 6.34 Å². The number of aliphatic imine (C=N–C) groups is 1. The molecule has 1 aliphatic carbocycles. The Balaban J connectivity index is 1.89. The second kappa shape index (κ2) is 6.04. The van der Waals surface area contributed by atoms with Gasteiger partial charge in [0.15, 0.2) is 0 Å². The van der Waals surface area contributed by atoms with Gasteiger partial charge in [0, 0.05) is 20.1 Å². The lowest BCUT2D eigenvalue weighted by atomic mass is 9.79. The Hall–Kier alpha value is -1.59. The van der Waals surface area contributed by atoms with Gasteiger partial charge in [-0.05, 0) is 31.1 Å². The number of hydrogen-bond donors (Lipinski definition) is 2. The molecule has 0 aliphatic heterocycles. The lowest BCUT2D eigenvalue weighted by molar-refractivity contribution is 0.260. The van der Waals surface area contributed by atoms with Gasteiger partial charge < -0.3 is 10.2 Å². The first-order valence-corrected chi connectivity index (χ1v) is 6.94. The minimum atomic E-state index is 0.479. The third-order valence-corrected chi connectivity index (χ3v) is 3.82. The number of anilines is 1. The highest BCUT2D eigenvalue weighted by molar-refractivity contribution is 5.57. The molecule has 0 aromatic carbocycles. The first-order valence-electron chi connectivity index (χ1n) is 6.94. The smallest absolute Gasteiger partial charge is 0.248 e. The Morgan fingerprint density at radius 2 is 2.11 bits per heavy atom. The van der Waals surface area contributed by atoms with Crippen LogP contribution >= 0.6 is 0 Å². The zero-order chi connectivity index (χ0) is 13.8. The van der Waals surface area contributed by atoms with E-state index >= 15 is 0 Å². The predicted octanol–water partition coefficient (Wildman–Crippen LogP) is 2.26. The summed E-state index contributed by atoms with van der Waals surface area (Å²) >= 11 is 0. The second-order valence-corrected chi connectivity index (χ2v) is 5.80. The van der Waals surface area contributed by atoms with Crippen LogP contribution in [0.25, 0.3) is 0 Å². The Morgan fingerprint density at radius 1 is 1.32 bits per heavy atom. The fraction of sp³-hybridized carbons (Fsp3) is 0.769. The van der Waals surface area contributed by atoms with Crippen molar-refractivity contribution < 1.29 is 0 Å². The van der Waals surface area contributed by atoms with Crippen LogP contribution in [-0.4, -0.2) is 46.6 Å². The Labute approximate surface area is 114 Å². The van der Waals surface area contributed by atoms with E-state index in [-0.39, 0.29) is 0 Å². The van der Waals surface area contributed by atoms with Crippen LogP contribution < -0.4 is 5.32 Å². The Morgan fingerprint density at radius 3 is 2.79 bits per heavy atom. The molecule has 2 N–H and O–H groups in total. The monoisotopic (exact) mass is 264 g/mol. The molecule has 6 nitrogen and oxygen atoms in total. The minimum Gasteiger partial charge on any atom is -0.369 e. The summed E-state index contributed by atoms with van der Waals surface area (Å²) in [6.45, 7) is 4.66. The molecule has 0 spiro atoms. The standard InChI is InChI=1S/C13H24N6/c1-9-5-6-11(7-10(9)2)15-13-16-12(17-18-13)14-8-19(3)4/h8-11H,5-7H2,1-4H3,(H2,15,16,17,18)/t9-,10-,11-/m0/s1. The topological polar surface area (TPSA) is 69.2 Å². The molecule has 0 radical (unpaired) electrons. The first kappa shape index (κ1) is 13.8. The molecular weight excluding hydrogens is 240 g/mol. The van der Waals surface area contributed by atoms with Crippen molar-refractivity contribution in [1.29, 1.82) is 0 Å². The van der Waals surface area contributed by atoms with Crippen LogP contribution in [0.15, 0.2) is 4.99 Å². The number of aromatic amines is 1. The van der Waals surface area contributed by atoms with Crippen molar-refractivity contribution >= 4 is 18.2 Å². The van der Waals surface area contributed by atoms with Gasteiger partial charge in [-0.25, -0.2) is 10.1 Å². The normalized spacial score (nSPS) is 27.7. The van der Waals surface area contributed by atoms with E-state index in [1.807, 2.05) is 19.0 Å². The molecule has 6 heteroatoms. The van der Waals surface area contributed by atoms with Gasteiger partial charge in [0.25, 0.3) is 0 Å². The van der Waals surface area contributed by atoms with Crippen molar-refractivity contribution in [2.45, 2.75) is 39.2 Å². The van der Waals surface area contributed by atoms with E-state index in [9.17, 15) is 0 Å². The van der Waals surface area contributed by atoms with Gasteiger partial charge >= 0.3 is 0 Å².